The van der Waals surface area contributed by atoms with Gasteiger partial charge in [-0.05, 0) is 6.07 Å². The number of hydrogen-bond acceptors (Lipinski definition) is 6. The van der Waals surface area contributed by atoms with Crippen LogP contribution in [-0.2, 0) is 9.53 Å². The maximum atomic E-state index is 12.0. The third kappa shape index (κ3) is 3.46. The Labute approximate surface area is 121 Å². The summed E-state index contributed by atoms with van der Waals surface area (Å²) in [6, 6.07) is 1.49. The van der Waals surface area contributed by atoms with Crippen molar-refractivity contribution in [3.63, 3.8) is 0 Å². The molecule has 1 aromatic heterocycles. The van der Waals surface area contributed by atoms with Crippen LogP contribution in [-0.4, -0.2) is 44.5 Å². The molecule has 0 bridgehead atoms. The zero-order valence-electron chi connectivity index (χ0n) is 11.9. The quantitative estimate of drug-likeness (QED) is 0.689. The van der Waals surface area contributed by atoms with Gasteiger partial charge in [0.2, 0.25) is 5.91 Å². The minimum Gasteiger partial charge on any atom is -0.394 e. The minimum atomic E-state index is -0.827. The average Bonchev–Trinajstić information content (AvgIpc) is 2.79. The van der Waals surface area contributed by atoms with Crippen LogP contribution in [0.5, 0.6) is 0 Å². The van der Waals surface area contributed by atoms with Crippen molar-refractivity contribution >= 4 is 11.7 Å². The number of nitrogens with zero attached hydrogens (tertiary/aromatic N) is 2. The fourth-order valence-corrected chi connectivity index (χ4v) is 2.02. The number of amides is 1. The van der Waals surface area contributed by atoms with E-state index in [1.54, 1.807) is 13.8 Å². The molecule has 2 heterocycles. The molecular formula is C13H19N3O5. The lowest BCUT2D eigenvalue weighted by Gasteiger charge is -2.14. The van der Waals surface area contributed by atoms with Gasteiger partial charge in [-0.15, -0.1) is 0 Å². The van der Waals surface area contributed by atoms with Crippen LogP contribution in [0.2, 0.25) is 0 Å². The predicted molar refractivity (Wildman–Crippen MR) is 73.6 cm³/mol. The van der Waals surface area contributed by atoms with Crippen LogP contribution in [0, 0.1) is 5.92 Å². The SMILES string of the molecule is CC(C)C(=O)Nc1ccn([C@H]2C[C@@H](O)[C@@H](CO)O2)c(=O)n1. The van der Waals surface area contributed by atoms with Crippen molar-refractivity contribution in [3.05, 3.63) is 22.7 Å². The lowest BCUT2D eigenvalue weighted by atomic mass is 10.2. The van der Waals surface area contributed by atoms with Crippen molar-refractivity contribution in [3.8, 4) is 0 Å². The van der Waals surface area contributed by atoms with Crippen molar-refractivity contribution < 1.29 is 19.7 Å². The Morgan fingerprint density at radius 2 is 2.33 bits per heavy atom. The topological polar surface area (TPSA) is 114 Å². The van der Waals surface area contributed by atoms with E-state index in [1.807, 2.05) is 0 Å². The second-order valence-corrected chi connectivity index (χ2v) is 5.26. The highest BCUT2D eigenvalue weighted by Crippen LogP contribution is 2.27. The molecule has 0 radical (unpaired) electrons. The monoisotopic (exact) mass is 297 g/mol. The largest absolute Gasteiger partial charge is 0.394 e. The first-order valence-corrected chi connectivity index (χ1v) is 6.76. The van der Waals surface area contributed by atoms with E-state index in [0.29, 0.717) is 0 Å². The third-order valence-corrected chi connectivity index (χ3v) is 3.30. The van der Waals surface area contributed by atoms with Crippen LogP contribution in [0.3, 0.4) is 0 Å². The average molecular weight is 297 g/mol. The fourth-order valence-electron chi connectivity index (χ4n) is 2.02. The van der Waals surface area contributed by atoms with Crippen molar-refractivity contribution in [2.75, 3.05) is 11.9 Å². The maximum absolute atomic E-state index is 12.0. The van der Waals surface area contributed by atoms with Gasteiger partial charge in [-0.2, -0.15) is 4.98 Å². The number of aliphatic hydroxyl groups excluding tert-OH is 2. The Balaban J connectivity index is 2.13. The smallest absolute Gasteiger partial charge is 0.351 e. The van der Waals surface area contributed by atoms with Crippen LogP contribution in [0.4, 0.5) is 5.82 Å². The van der Waals surface area contributed by atoms with Gasteiger partial charge >= 0.3 is 5.69 Å². The lowest BCUT2D eigenvalue weighted by molar-refractivity contribution is -0.118. The molecule has 2 rings (SSSR count). The molecule has 8 heteroatoms. The van der Waals surface area contributed by atoms with Crippen LogP contribution in [0.1, 0.15) is 26.5 Å². The van der Waals surface area contributed by atoms with Gasteiger partial charge in [0.05, 0.1) is 12.7 Å². The molecule has 0 saturated carbocycles. The highest BCUT2D eigenvalue weighted by atomic mass is 16.5. The molecule has 21 heavy (non-hydrogen) atoms. The Morgan fingerprint density at radius 3 is 2.86 bits per heavy atom. The Hall–Kier alpha value is -1.77. The fraction of sp³-hybridized carbons (Fsp3) is 0.615. The molecule has 116 valence electrons. The summed E-state index contributed by atoms with van der Waals surface area (Å²) in [4.78, 5) is 27.3. The maximum Gasteiger partial charge on any atom is 0.351 e. The zero-order chi connectivity index (χ0) is 15.6. The standard InChI is InChI=1S/C13H19N3O5/c1-7(2)12(19)14-10-3-4-16(13(20)15-10)11-5-8(18)9(6-17)21-11/h3-4,7-9,11,17-18H,5-6H2,1-2H3,(H,14,15,19,20)/t8-,9-,11-/m1/s1. The van der Waals surface area contributed by atoms with Gasteiger partial charge in [-0.3, -0.25) is 9.36 Å². The van der Waals surface area contributed by atoms with Gasteiger partial charge in [0.1, 0.15) is 18.1 Å². The van der Waals surface area contributed by atoms with Crippen LogP contribution in [0.15, 0.2) is 17.1 Å². The van der Waals surface area contributed by atoms with E-state index in [-0.39, 0.29) is 30.7 Å². The highest BCUT2D eigenvalue weighted by Gasteiger charge is 2.34. The Morgan fingerprint density at radius 1 is 1.62 bits per heavy atom. The Kier molecular flexibility index (Phi) is 4.71. The normalized spacial score (nSPS) is 25.3. The molecule has 0 aliphatic carbocycles. The molecule has 0 spiro atoms. The van der Waals surface area contributed by atoms with Crippen molar-refractivity contribution in [1.82, 2.24) is 9.55 Å². The summed E-state index contributed by atoms with van der Waals surface area (Å²) in [5.41, 5.74) is -0.590. The first kappa shape index (κ1) is 15.6. The first-order chi connectivity index (χ1) is 9.92. The number of hydrogen-bond donors (Lipinski definition) is 3. The molecule has 1 amide bonds. The van der Waals surface area contributed by atoms with E-state index >= 15 is 0 Å². The lowest BCUT2D eigenvalue weighted by Crippen LogP contribution is -2.29. The summed E-state index contributed by atoms with van der Waals surface area (Å²) in [7, 11) is 0. The number of carbonyl (C=O) groups is 1. The van der Waals surface area contributed by atoms with Crippen LogP contribution >= 0.6 is 0 Å². The first-order valence-electron chi connectivity index (χ1n) is 6.76. The predicted octanol–water partition coefficient (Wildman–Crippen LogP) is -0.522. The number of rotatable bonds is 4. The molecule has 1 aromatic rings. The molecular weight excluding hydrogens is 278 g/mol. The number of anilines is 1. The Bertz CT molecular complexity index is 571. The van der Waals surface area contributed by atoms with Crippen molar-refractivity contribution in [1.29, 1.82) is 0 Å². The summed E-state index contributed by atoms with van der Waals surface area (Å²) in [6.07, 6.45) is -0.561. The molecule has 1 aliphatic heterocycles. The van der Waals surface area contributed by atoms with E-state index in [0.717, 1.165) is 0 Å². The summed E-state index contributed by atoms with van der Waals surface area (Å²) in [5.74, 6) is -0.271. The van der Waals surface area contributed by atoms with E-state index in [9.17, 15) is 14.7 Å². The summed E-state index contributed by atoms with van der Waals surface area (Å²) in [6.45, 7) is 3.15. The number of carbonyl (C=O) groups excluding carboxylic acids is 1. The summed E-state index contributed by atoms with van der Waals surface area (Å²) >= 11 is 0. The van der Waals surface area contributed by atoms with E-state index < -0.39 is 24.1 Å². The molecule has 3 atom stereocenters. The summed E-state index contributed by atoms with van der Waals surface area (Å²) in [5, 5.41) is 21.2. The molecule has 1 aliphatic rings. The minimum absolute atomic E-state index is 0.173. The number of nitrogens with one attached hydrogen (secondary N) is 1. The van der Waals surface area contributed by atoms with Gasteiger partial charge in [0, 0.05) is 18.5 Å². The van der Waals surface area contributed by atoms with E-state index in [4.69, 9.17) is 9.84 Å². The van der Waals surface area contributed by atoms with Gasteiger partial charge in [-0.25, -0.2) is 4.79 Å². The molecule has 1 saturated heterocycles. The number of aromatic nitrogens is 2. The zero-order valence-corrected chi connectivity index (χ0v) is 11.9. The molecule has 8 nitrogen and oxygen atoms in total. The van der Waals surface area contributed by atoms with Gasteiger partial charge in [0.25, 0.3) is 0 Å². The van der Waals surface area contributed by atoms with E-state index in [2.05, 4.69) is 10.3 Å². The third-order valence-electron chi connectivity index (χ3n) is 3.30. The van der Waals surface area contributed by atoms with Crippen molar-refractivity contribution in [2.24, 2.45) is 5.92 Å². The molecule has 3 N–H and O–H groups in total. The molecule has 0 unspecified atom stereocenters. The number of aliphatic hydroxyl groups is 2. The van der Waals surface area contributed by atoms with Gasteiger partial charge < -0.3 is 20.3 Å². The van der Waals surface area contributed by atoms with Crippen LogP contribution in [0.25, 0.3) is 0 Å². The molecule has 0 aromatic carbocycles. The summed E-state index contributed by atoms with van der Waals surface area (Å²) < 4.78 is 6.61. The number of ether oxygens (including phenoxy) is 1. The second kappa shape index (κ2) is 6.33. The second-order valence-electron chi connectivity index (χ2n) is 5.26. The van der Waals surface area contributed by atoms with Crippen LogP contribution < -0.4 is 11.0 Å². The van der Waals surface area contributed by atoms with Gasteiger partial charge in [0.15, 0.2) is 0 Å². The van der Waals surface area contributed by atoms with Crippen molar-refractivity contribution in [2.45, 2.75) is 38.7 Å². The highest BCUT2D eigenvalue weighted by molar-refractivity contribution is 5.90. The van der Waals surface area contributed by atoms with Gasteiger partial charge in [-0.1, -0.05) is 13.8 Å². The molecule has 1 fully saturated rings. The van der Waals surface area contributed by atoms with E-state index in [1.165, 1.54) is 16.8 Å².